The quantitative estimate of drug-likeness (QED) is 0.545. The van der Waals surface area contributed by atoms with Crippen molar-refractivity contribution in [1.29, 1.82) is 0 Å². The number of esters is 1. The van der Waals surface area contributed by atoms with Crippen LogP contribution in [0.1, 0.15) is 17.9 Å². The van der Waals surface area contributed by atoms with Crippen molar-refractivity contribution in [3.05, 3.63) is 22.4 Å². The van der Waals surface area contributed by atoms with Gasteiger partial charge in [-0.1, -0.05) is 0 Å². The van der Waals surface area contributed by atoms with Crippen molar-refractivity contribution in [3.8, 4) is 0 Å². The van der Waals surface area contributed by atoms with E-state index in [0.717, 1.165) is 11.8 Å². The molecule has 0 amide bonds. The minimum atomic E-state index is -0.436. The summed E-state index contributed by atoms with van der Waals surface area (Å²) < 4.78 is 4.60. The SMILES string of the molecule is COC(=O)[C@@H](CC=O)c1ccsc1. The molecule has 4 heteroatoms. The molecule has 0 aliphatic heterocycles. The minimum Gasteiger partial charge on any atom is -0.469 e. The molecule has 0 spiro atoms. The monoisotopic (exact) mass is 198 g/mol. The molecule has 0 aliphatic carbocycles. The lowest BCUT2D eigenvalue weighted by atomic mass is 10.00. The zero-order valence-corrected chi connectivity index (χ0v) is 8.04. The number of hydrogen-bond acceptors (Lipinski definition) is 4. The fourth-order valence-corrected chi connectivity index (χ4v) is 1.79. The molecule has 0 saturated carbocycles. The molecule has 1 rings (SSSR count). The molecular weight excluding hydrogens is 188 g/mol. The fourth-order valence-electron chi connectivity index (χ4n) is 1.08. The Morgan fingerprint density at radius 1 is 1.77 bits per heavy atom. The Kier molecular flexibility index (Phi) is 3.64. The molecule has 0 aromatic carbocycles. The number of methoxy groups -OCH3 is 1. The molecule has 0 N–H and O–H groups in total. The molecule has 0 saturated heterocycles. The molecule has 1 aromatic heterocycles. The number of ether oxygens (including phenoxy) is 1. The maximum Gasteiger partial charge on any atom is 0.313 e. The lowest BCUT2D eigenvalue weighted by Crippen LogP contribution is -2.14. The van der Waals surface area contributed by atoms with Crippen LogP contribution < -0.4 is 0 Å². The molecule has 0 unspecified atom stereocenters. The Morgan fingerprint density at radius 2 is 2.54 bits per heavy atom. The summed E-state index contributed by atoms with van der Waals surface area (Å²) in [7, 11) is 1.33. The van der Waals surface area contributed by atoms with Crippen LogP contribution in [0.2, 0.25) is 0 Å². The van der Waals surface area contributed by atoms with Crippen LogP contribution in [-0.4, -0.2) is 19.4 Å². The normalized spacial score (nSPS) is 12.1. The second-order valence-electron chi connectivity index (χ2n) is 2.53. The van der Waals surface area contributed by atoms with Gasteiger partial charge >= 0.3 is 5.97 Å². The number of thiophene rings is 1. The molecule has 1 aromatic rings. The van der Waals surface area contributed by atoms with Gasteiger partial charge in [0.15, 0.2) is 0 Å². The highest BCUT2D eigenvalue weighted by atomic mass is 32.1. The predicted molar refractivity (Wildman–Crippen MR) is 49.8 cm³/mol. The maximum atomic E-state index is 11.2. The summed E-state index contributed by atoms with van der Waals surface area (Å²) in [6, 6.07) is 1.83. The summed E-state index contributed by atoms with van der Waals surface area (Å²) in [4.78, 5) is 21.6. The van der Waals surface area contributed by atoms with Gasteiger partial charge < -0.3 is 9.53 Å². The first-order valence-corrected chi connectivity index (χ1v) is 4.77. The van der Waals surface area contributed by atoms with Gasteiger partial charge in [0.05, 0.1) is 13.0 Å². The van der Waals surface area contributed by atoms with E-state index in [9.17, 15) is 9.59 Å². The topological polar surface area (TPSA) is 43.4 Å². The van der Waals surface area contributed by atoms with Gasteiger partial charge in [-0.3, -0.25) is 4.79 Å². The van der Waals surface area contributed by atoms with Crippen LogP contribution in [0.3, 0.4) is 0 Å². The molecule has 1 heterocycles. The van der Waals surface area contributed by atoms with E-state index in [0.29, 0.717) is 0 Å². The average molecular weight is 198 g/mol. The van der Waals surface area contributed by atoms with Crippen molar-refractivity contribution < 1.29 is 14.3 Å². The van der Waals surface area contributed by atoms with Crippen LogP contribution in [0.4, 0.5) is 0 Å². The van der Waals surface area contributed by atoms with Gasteiger partial charge in [-0.25, -0.2) is 0 Å². The third kappa shape index (κ3) is 2.39. The highest BCUT2D eigenvalue weighted by Crippen LogP contribution is 2.22. The van der Waals surface area contributed by atoms with Crippen molar-refractivity contribution >= 4 is 23.6 Å². The summed E-state index contributed by atoms with van der Waals surface area (Å²) in [5, 5.41) is 3.72. The molecular formula is C9H10O3S. The summed E-state index contributed by atoms with van der Waals surface area (Å²) in [5.41, 5.74) is 0.851. The van der Waals surface area contributed by atoms with Crippen LogP contribution in [0, 0.1) is 0 Å². The molecule has 0 aliphatic rings. The molecule has 13 heavy (non-hydrogen) atoms. The third-order valence-corrected chi connectivity index (χ3v) is 2.46. The summed E-state index contributed by atoms with van der Waals surface area (Å²) in [5.74, 6) is -0.792. The number of carbonyl (C=O) groups excluding carboxylic acids is 2. The third-order valence-electron chi connectivity index (χ3n) is 1.76. The standard InChI is InChI=1S/C9H10O3S/c1-12-9(11)8(2-4-10)7-3-5-13-6-7/h3-6,8H,2H2,1H3/t8-/m0/s1. The molecule has 70 valence electrons. The lowest BCUT2D eigenvalue weighted by Gasteiger charge is -2.08. The average Bonchev–Trinajstić information content (AvgIpc) is 2.65. The van der Waals surface area contributed by atoms with E-state index in [1.54, 1.807) is 0 Å². The predicted octanol–water partition coefficient (Wildman–Crippen LogP) is 1.59. The largest absolute Gasteiger partial charge is 0.469 e. The first kappa shape index (κ1) is 9.92. The van der Waals surface area contributed by atoms with Crippen LogP contribution in [0.5, 0.6) is 0 Å². The van der Waals surface area contributed by atoms with Crippen molar-refractivity contribution in [2.45, 2.75) is 12.3 Å². The zero-order valence-electron chi connectivity index (χ0n) is 7.23. The van der Waals surface area contributed by atoms with Crippen molar-refractivity contribution in [2.24, 2.45) is 0 Å². The van der Waals surface area contributed by atoms with Gasteiger partial charge in [0, 0.05) is 6.42 Å². The molecule has 3 nitrogen and oxygen atoms in total. The van der Waals surface area contributed by atoms with Gasteiger partial charge in [0.25, 0.3) is 0 Å². The van der Waals surface area contributed by atoms with E-state index in [1.807, 2.05) is 16.8 Å². The van der Waals surface area contributed by atoms with Crippen LogP contribution in [-0.2, 0) is 14.3 Å². The Balaban J connectivity index is 2.79. The van der Waals surface area contributed by atoms with E-state index < -0.39 is 5.92 Å². The number of carbonyl (C=O) groups is 2. The first-order valence-electron chi connectivity index (χ1n) is 3.83. The van der Waals surface area contributed by atoms with Gasteiger partial charge in [-0.2, -0.15) is 11.3 Å². The van der Waals surface area contributed by atoms with Crippen molar-refractivity contribution in [1.82, 2.24) is 0 Å². The first-order chi connectivity index (χ1) is 6.29. The zero-order chi connectivity index (χ0) is 9.68. The van der Waals surface area contributed by atoms with Gasteiger partial charge in [-0.05, 0) is 22.4 Å². The van der Waals surface area contributed by atoms with Gasteiger partial charge in [-0.15, -0.1) is 0 Å². The summed E-state index contributed by atoms with van der Waals surface area (Å²) >= 11 is 1.50. The van der Waals surface area contributed by atoms with E-state index in [4.69, 9.17) is 0 Å². The highest BCUT2D eigenvalue weighted by Gasteiger charge is 2.20. The van der Waals surface area contributed by atoms with Crippen molar-refractivity contribution in [3.63, 3.8) is 0 Å². The number of rotatable bonds is 4. The highest BCUT2D eigenvalue weighted by molar-refractivity contribution is 7.08. The van der Waals surface area contributed by atoms with Gasteiger partial charge in [0.2, 0.25) is 0 Å². The van der Waals surface area contributed by atoms with E-state index in [-0.39, 0.29) is 12.4 Å². The molecule has 0 bridgehead atoms. The molecule has 0 fully saturated rings. The summed E-state index contributed by atoms with van der Waals surface area (Å²) in [6.45, 7) is 0. The Bertz CT molecular complexity index is 279. The Hall–Kier alpha value is -1.16. The van der Waals surface area contributed by atoms with Crippen LogP contribution >= 0.6 is 11.3 Å². The second-order valence-corrected chi connectivity index (χ2v) is 3.31. The van der Waals surface area contributed by atoms with E-state index in [1.165, 1.54) is 18.4 Å². The van der Waals surface area contributed by atoms with Gasteiger partial charge in [0.1, 0.15) is 6.29 Å². The van der Waals surface area contributed by atoms with Crippen molar-refractivity contribution in [2.75, 3.05) is 7.11 Å². The van der Waals surface area contributed by atoms with E-state index >= 15 is 0 Å². The second kappa shape index (κ2) is 4.77. The van der Waals surface area contributed by atoms with Crippen LogP contribution in [0.25, 0.3) is 0 Å². The number of aldehydes is 1. The van der Waals surface area contributed by atoms with Crippen LogP contribution in [0.15, 0.2) is 16.8 Å². The fraction of sp³-hybridized carbons (Fsp3) is 0.333. The smallest absolute Gasteiger partial charge is 0.313 e. The molecule has 0 radical (unpaired) electrons. The maximum absolute atomic E-state index is 11.2. The molecule has 1 atom stereocenters. The minimum absolute atomic E-state index is 0.184. The lowest BCUT2D eigenvalue weighted by molar-refractivity contribution is -0.143. The number of hydrogen-bond donors (Lipinski definition) is 0. The summed E-state index contributed by atoms with van der Waals surface area (Å²) in [6.07, 6.45) is 0.919. The van der Waals surface area contributed by atoms with E-state index in [2.05, 4.69) is 4.74 Å². The Labute approximate surface area is 80.3 Å². The Morgan fingerprint density at radius 3 is 3.00 bits per heavy atom.